The zero-order valence-corrected chi connectivity index (χ0v) is 24.4. The maximum atomic E-state index is 13.7. The molecule has 4 saturated heterocycles. The van der Waals surface area contributed by atoms with E-state index in [1.54, 1.807) is 17.3 Å². The van der Waals surface area contributed by atoms with Gasteiger partial charge in [-0.25, -0.2) is 9.37 Å². The van der Waals surface area contributed by atoms with Gasteiger partial charge in [-0.05, 0) is 63.4 Å². The lowest BCUT2D eigenvalue weighted by Gasteiger charge is -2.47. The van der Waals surface area contributed by atoms with Crippen LogP contribution in [0.3, 0.4) is 0 Å². The minimum atomic E-state index is -0.922. The molecular weight excluding hydrogens is 569 g/mol. The van der Waals surface area contributed by atoms with Gasteiger partial charge in [0.15, 0.2) is 11.5 Å². The fourth-order valence-corrected chi connectivity index (χ4v) is 8.01. The van der Waals surface area contributed by atoms with Crippen LogP contribution in [0.15, 0.2) is 55.1 Å². The number of halogens is 2. The molecule has 11 heteroatoms. The second-order valence-electron chi connectivity index (χ2n) is 12.1. The molecular formula is C32H31ClFN7O2. The molecule has 0 unspecified atom stereocenters. The molecule has 8 rings (SSSR count). The monoisotopic (exact) mass is 599 g/mol. The average molecular weight is 600 g/mol. The summed E-state index contributed by atoms with van der Waals surface area (Å²) in [5.41, 5.74) is 2.08. The third-order valence-corrected chi connectivity index (χ3v) is 10.2. The van der Waals surface area contributed by atoms with Gasteiger partial charge in [0.2, 0.25) is 0 Å². The van der Waals surface area contributed by atoms with Crippen LogP contribution in [0.1, 0.15) is 32.1 Å². The van der Waals surface area contributed by atoms with Gasteiger partial charge in [0.25, 0.3) is 5.91 Å². The van der Waals surface area contributed by atoms with E-state index >= 15 is 0 Å². The van der Waals surface area contributed by atoms with E-state index in [0.717, 1.165) is 59.9 Å². The number of hydrogen-bond donors (Lipinski definition) is 0. The van der Waals surface area contributed by atoms with Crippen LogP contribution in [-0.4, -0.2) is 86.1 Å². The van der Waals surface area contributed by atoms with Crippen LogP contribution in [0.4, 0.5) is 10.2 Å². The number of anilines is 1. The van der Waals surface area contributed by atoms with Gasteiger partial charge in [-0.1, -0.05) is 30.3 Å². The first-order valence-corrected chi connectivity index (χ1v) is 15.3. The third kappa shape index (κ3) is 4.25. The van der Waals surface area contributed by atoms with Gasteiger partial charge in [0, 0.05) is 46.8 Å². The van der Waals surface area contributed by atoms with Gasteiger partial charge < -0.3 is 14.5 Å². The minimum absolute atomic E-state index is 0.0220. The summed E-state index contributed by atoms with van der Waals surface area (Å²) in [5, 5.41) is 3.23. The fourth-order valence-electron chi connectivity index (χ4n) is 7.72. The number of nitrogens with zero attached hydrogens (tertiary/aromatic N) is 7. The van der Waals surface area contributed by atoms with Crippen molar-refractivity contribution in [2.45, 2.75) is 49.7 Å². The number of carbonyl (C=O) groups excluding carboxylic acids is 1. The minimum Gasteiger partial charge on any atom is -0.461 e. The molecule has 4 aromatic rings. The van der Waals surface area contributed by atoms with Crippen molar-refractivity contribution < 1.29 is 13.9 Å². The molecule has 220 valence electrons. The van der Waals surface area contributed by atoms with E-state index in [9.17, 15) is 9.18 Å². The highest BCUT2D eigenvalue weighted by molar-refractivity contribution is 6.36. The number of likely N-dealkylation sites (tertiary alicyclic amines) is 1. The van der Waals surface area contributed by atoms with E-state index in [2.05, 4.69) is 21.4 Å². The van der Waals surface area contributed by atoms with E-state index in [-0.39, 0.29) is 17.6 Å². The largest absolute Gasteiger partial charge is 0.461 e. The normalized spacial score (nSPS) is 22.6. The molecule has 4 aliphatic heterocycles. The van der Waals surface area contributed by atoms with Crippen LogP contribution in [-0.2, 0) is 4.79 Å². The molecule has 0 spiro atoms. The first kappa shape index (κ1) is 26.7. The van der Waals surface area contributed by atoms with Crippen molar-refractivity contribution in [3.8, 4) is 17.3 Å². The van der Waals surface area contributed by atoms with Gasteiger partial charge >= 0.3 is 6.01 Å². The molecule has 7 heterocycles. The molecule has 4 fully saturated rings. The number of benzene rings is 1. The molecule has 43 heavy (non-hydrogen) atoms. The van der Waals surface area contributed by atoms with Crippen molar-refractivity contribution >= 4 is 45.1 Å². The summed E-state index contributed by atoms with van der Waals surface area (Å²) >= 11 is 6.63. The Labute approximate surface area is 253 Å². The summed E-state index contributed by atoms with van der Waals surface area (Å²) in [5.74, 6) is -0.835. The zero-order valence-electron chi connectivity index (χ0n) is 23.7. The molecule has 1 aromatic carbocycles. The standard InChI is InChI=1S/C32H31ClFN7O2/c1-19(34)30(42)40-14-9-25-26(40)17-41(25)29-21-7-8-24(22-16-35-15-20-5-2-6-23(33)27(20)22)36-28(21)37-31(38-29)43-18-32-10-3-12-39(32)13-4-11-32/h2,5-8,15-16,25-26H,1,3-4,9-14,17-18H2/t25-,26-/m1/s1. The van der Waals surface area contributed by atoms with Crippen molar-refractivity contribution in [2.75, 3.05) is 37.7 Å². The van der Waals surface area contributed by atoms with Crippen LogP contribution in [0.25, 0.3) is 33.1 Å². The average Bonchev–Trinajstić information content (AvgIpc) is 3.68. The smallest absolute Gasteiger partial charge is 0.320 e. The lowest BCUT2D eigenvalue weighted by atomic mass is 9.95. The van der Waals surface area contributed by atoms with Gasteiger partial charge in [0.05, 0.1) is 28.7 Å². The van der Waals surface area contributed by atoms with Crippen LogP contribution in [0, 0.1) is 0 Å². The molecule has 2 atom stereocenters. The predicted octanol–water partition coefficient (Wildman–Crippen LogP) is 5.17. The highest BCUT2D eigenvalue weighted by Gasteiger charge is 2.50. The first-order chi connectivity index (χ1) is 20.9. The Morgan fingerprint density at radius 1 is 1.07 bits per heavy atom. The van der Waals surface area contributed by atoms with Crippen LogP contribution in [0.5, 0.6) is 6.01 Å². The van der Waals surface area contributed by atoms with Crippen molar-refractivity contribution in [3.63, 3.8) is 0 Å². The van der Waals surface area contributed by atoms with E-state index < -0.39 is 11.7 Å². The quantitative estimate of drug-likeness (QED) is 0.281. The number of fused-ring (bicyclic) bond motifs is 4. The number of amides is 1. The van der Waals surface area contributed by atoms with Crippen LogP contribution < -0.4 is 9.64 Å². The maximum absolute atomic E-state index is 13.7. The Balaban J connectivity index is 1.19. The summed E-state index contributed by atoms with van der Waals surface area (Å²) < 4.78 is 20.1. The molecule has 0 saturated carbocycles. The fraction of sp³-hybridized carbons (Fsp3) is 0.406. The van der Waals surface area contributed by atoms with Gasteiger partial charge in [-0.3, -0.25) is 14.7 Å². The lowest BCUT2D eigenvalue weighted by molar-refractivity contribution is -0.130. The van der Waals surface area contributed by atoms with E-state index in [1.807, 2.05) is 30.3 Å². The molecule has 0 bridgehead atoms. The lowest BCUT2D eigenvalue weighted by Crippen LogP contribution is -2.63. The molecule has 0 radical (unpaired) electrons. The Morgan fingerprint density at radius 3 is 2.72 bits per heavy atom. The molecule has 9 nitrogen and oxygen atoms in total. The van der Waals surface area contributed by atoms with Crippen molar-refractivity contribution in [2.24, 2.45) is 0 Å². The molecule has 0 N–H and O–H groups in total. The Bertz CT molecular complexity index is 1790. The van der Waals surface area contributed by atoms with Gasteiger partial charge in [0.1, 0.15) is 12.4 Å². The molecule has 0 aliphatic carbocycles. The Kier molecular flexibility index (Phi) is 6.27. The van der Waals surface area contributed by atoms with Gasteiger partial charge in [-0.2, -0.15) is 9.97 Å². The number of pyridine rings is 2. The Hall–Kier alpha value is -3.89. The second kappa shape index (κ2) is 10.1. The SMILES string of the molecule is C=C(F)C(=O)N1CC[C@@H]2[C@H]1CN2c1nc(OCC23CCCN2CCC3)nc2nc(-c3cncc4cccc(Cl)c34)ccc12. The van der Waals surface area contributed by atoms with E-state index in [0.29, 0.717) is 42.1 Å². The molecule has 3 aromatic heterocycles. The highest BCUT2D eigenvalue weighted by atomic mass is 35.5. The van der Waals surface area contributed by atoms with Crippen molar-refractivity contribution in [1.82, 2.24) is 29.7 Å². The summed E-state index contributed by atoms with van der Waals surface area (Å²) in [4.78, 5) is 37.9. The van der Waals surface area contributed by atoms with Crippen molar-refractivity contribution in [1.29, 1.82) is 0 Å². The topological polar surface area (TPSA) is 87.6 Å². The number of hydrogen-bond acceptors (Lipinski definition) is 8. The number of ether oxygens (including phenoxy) is 1. The number of carbonyl (C=O) groups is 1. The Morgan fingerprint density at radius 2 is 1.91 bits per heavy atom. The number of rotatable bonds is 6. The number of aromatic nitrogens is 4. The first-order valence-electron chi connectivity index (χ1n) is 14.9. The second-order valence-corrected chi connectivity index (χ2v) is 12.5. The van der Waals surface area contributed by atoms with E-state index in [4.69, 9.17) is 31.3 Å². The van der Waals surface area contributed by atoms with E-state index in [1.165, 1.54) is 12.8 Å². The van der Waals surface area contributed by atoms with Crippen LogP contribution >= 0.6 is 11.6 Å². The van der Waals surface area contributed by atoms with Crippen molar-refractivity contribution in [3.05, 3.63) is 60.2 Å². The molecule has 1 amide bonds. The summed E-state index contributed by atoms with van der Waals surface area (Å²) in [7, 11) is 0. The van der Waals surface area contributed by atoms with Gasteiger partial charge in [-0.15, -0.1) is 0 Å². The summed E-state index contributed by atoms with van der Waals surface area (Å²) in [6, 6.07) is 9.90. The zero-order chi connectivity index (χ0) is 29.3. The maximum Gasteiger partial charge on any atom is 0.320 e. The van der Waals surface area contributed by atoms with Crippen LogP contribution in [0.2, 0.25) is 5.02 Å². The highest BCUT2D eigenvalue weighted by Crippen LogP contribution is 2.42. The summed E-state index contributed by atoms with van der Waals surface area (Å²) in [6.45, 7) is 6.99. The molecule has 4 aliphatic rings. The third-order valence-electron chi connectivity index (χ3n) is 9.87. The predicted molar refractivity (Wildman–Crippen MR) is 163 cm³/mol. The summed E-state index contributed by atoms with van der Waals surface area (Å²) in [6.07, 6.45) is 8.87.